The molecule has 1 aromatic heterocycles. The van der Waals surface area contributed by atoms with E-state index in [1.807, 2.05) is 79.8 Å². The molecule has 1 heterocycles. The van der Waals surface area contributed by atoms with Gasteiger partial charge in [0.1, 0.15) is 11.5 Å². The van der Waals surface area contributed by atoms with Gasteiger partial charge >= 0.3 is 17.1 Å². The minimum absolute atomic E-state index is 0. The van der Waals surface area contributed by atoms with Gasteiger partial charge in [0.15, 0.2) is 5.69 Å². The molecular formula is C30H22FeN4. The van der Waals surface area contributed by atoms with Crippen LogP contribution < -0.4 is 21.3 Å². The second-order valence-electron chi connectivity index (χ2n) is 7.62. The van der Waals surface area contributed by atoms with Crippen molar-refractivity contribution >= 4 is 23.6 Å². The number of nitrogens with zero attached hydrogens (tertiary/aromatic N) is 4. The Labute approximate surface area is 215 Å². The van der Waals surface area contributed by atoms with Crippen LogP contribution in [0.15, 0.2) is 85.0 Å². The van der Waals surface area contributed by atoms with Gasteiger partial charge in [-0.05, 0) is 32.5 Å². The molecule has 0 saturated heterocycles. The van der Waals surface area contributed by atoms with E-state index in [9.17, 15) is 0 Å². The number of rotatable bonds is 1. The minimum Gasteiger partial charge on any atom is -0.761 e. The molecule has 0 saturated carbocycles. The third kappa shape index (κ3) is 6.29. The molecule has 3 aromatic rings. The van der Waals surface area contributed by atoms with Crippen LogP contribution in [0.4, 0.5) is 0 Å². The maximum absolute atomic E-state index is 9.15. The molecule has 5 heteroatoms. The summed E-state index contributed by atoms with van der Waals surface area (Å²) in [6, 6.07) is 18.7. The summed E-state index contributed by atoms with van der Waals surface area (Å²) < 4.78 is 1.62. The Bertz CT molecular complexity index is 1640. The van der Waals surface area contributed by atoms with Crippen LogP contribution in [0.5, 0.6) is 0 Å². The maximum atomic E-state index is 9.15. The van der Waals surface area contributed by atoms with Crippen molar-refractivity contribution in [2.45, 2.75) is 0 Å². The largest absolute Gasteiger partial charge is 2.00 e. The van der Waals surface area contributed by atoms with Gasteiger partial charge in [-0.1, -0.05) is 78.9 Å². The predicted octanol–water partition coefficient (Wildman–Crippen LogP) is 2.19. The summed E-state index contributed by atoms with van der Waals surface area (Å²) in [6.45, 7) is 0. The Balaban J connectivity index is 0.000000509. The van der Waals surface area contributed by atoms with Crippen LogP contribution >= 0.6 is 0 Å². The third-order valence-electron chi connectivity index (χ3n) is 5.45. The summed E-state index contributed by atoms with van der Waals surface area (Å²) in [5, 5.41) is 23.0. The van der Waals surface area contributed by atoms with E-state index < -0.39 is 0 Å². The topological polar surface area (TPSA) is 63.9 Å². The molecule has 0 bridgehead atoms. The number of aromatic nitrogens is 2. The van der Waals surface area contributed by atoms with E-state index in [1.54, 1.807) is 11.6 Å². The fourth-order valence-corrected chi connectivity index (χ4v) is 3.57. The van der Waals surface area contributed by atoms with Gasteiger partial charge in [0.25, 0.3) is 0 Å². The van der Waals surface area contributed by atoms with Crippen LogP contribution in [-0.2, 0) is 24.1 Å². The van der Waals surface area contributed by atoms with Gasteiger partial charge in [-0.2, -0.15) is 5.26 Å². The average molecular weight is 494 g/mol. The number of benzene rings is 2. The van der Waals surface area contributed by atoms with Crippen LogP contribution in [0.25, 0.3) is 23.1 Å². The first-order valence-electron chi connectivity index (χ1n) is 10.8. The number of imidazole rings is 1. The molecule has 5 rings (SSSR count). The number of hydrogen-bond acceptors (Lipinski definition) is 2. The Morgan fingerprint density at radius 3 is 2.03 bits per heavy atom. The van der Waals surface area contributed by atoms with Crippen molar-refractivity contribution in [1.82, 2.24) is 9.55 Å². The van der Waals surface area contributed by atoms with Crippen LogP contribution in [0.2, 0.25) is 0 Å². The van der Waals surface area contributed by atoms with Crippen LogP contribution in [0.1, 0.15) is 5.69 Å². The Morgan fingerprint density at radius 2 is 1.54 bits per heavy atom. The molecule has 0 atom stereocenters. The quantitative estimate of drug-likeness (QED) is 0.296. The summed E-state index contributed by atoms with van der Waals surface area (Å²) in [4.78, 5) is 4.20. The first-order chi connectivity index (χ1) is 16.7. The molecule has 0 amide bonds. The van der Waals surface area contributed by atoms with E-state index >= 15 is 0 Å². The fraction of sp³-hybridized carbons (Fsp3) is 0.0333. The Kier molecular flexibility index (Phi) is 9.07. The summed E-state index contributed by atoms with van der Waals surface area (Å²) >= 11 is 0. The summed E-state index contributed by atoms with van der Waals surface area (Å²) in [5.41, 5.74) is 1.95. The zero-order valence-electron chi connectivity index (χ0n) is 19.1. The molecule has 4 nitrogen and oxygen atoms in total. The van der Waals surface area contributed by atoms with Gasteiger partial charge in [0.05, 0.1) is 5.35 Å². The molecule has 0 fully saturated rings. The van der Waals surface area contributed by atoms with Crippen molar-refractivity contribution in [2.24, 2.45) is 7.05 Å². The van der Waals surface area contributed by atoms with Crippen LogP contribution in [0, 0.1) is 41.0 Å². The Hall–Kier alpha value is -4.06. The fourth-order valence-electron chi connectivity index (χ4n) is 3.57. The minimum atomic E-state index is 0. The van der Waals surface area contributed by atoms with E-state index in [-0.39, 0.29) is 28.1 Å². The number of nitriles is 1. The van der Waals surface area contributed by atoms with Crippen molar-refractivity contribution in [2.75, 3.05) is 0 Å². The predicted molar refractivity (Wildman–Crippen MR) is 137 cm³/mol. The monoisotopic (exact) mass is 494 g/mol. The zero-order valence-corrected chi connectivity index (χ0v) is 20.2. The normalized spacial score (nSPS) is 13.4. The number of allylic oxidation sites excluding steroid dienone is 6. The molecular weight excluding hydrogens is 472 g/mol. The molecule has 2 aromatic carbocycles. The second kappa shape index (κ2) is 12.4. The van der Waals surface area contributed by atoms with Gasteiger partial charge < -0.3 is 9.98 Å². The SMILES string of the molecule is Cn1c(=C=[N-])c(C#N)n/c1=C/C=c1ccc(=c2ccc(=C3C=CC=C3)cc2)cc1.[CH]1[CH][CH-]C=C1.[Fe+2]. The van der Waals surface area contributed by atoms with Crippen molar-refractivity contribution in [3.8, 4) is 6.07 Å². The molecule has 2 aliphatic rings. The van der Waals surface area contributed by atoms with Crippen LogP contribution in [-0.4, -0.2) is 15.4 Å². The van der Waals surface area contributed by atoms with E-state index in [4.69, 9.17) is 10.7 Å². The van der Waals surface area contributed by atoms with Crippen molar-refractivity contribution < 1.29 is 17.1 Å². The molecule has 35 heavy (non-hydrogen) atoms. The molecule has 2 radical (unpaired) electrons. The second-order valence-corrected chi connectivity index (χ2v) is 7.62. The van der Waals surface area contributed by atoms with E-state index in [1.165, 1.54) is 10.8 Å². The maximum Gasteiger partial charge on any atom is 2.00 e. The molecule has 2 aliphatic carbocycles. The summed E-state index contributed by atoms with van der Waals surface area (Å²) in [6.07, 6.45) is 22.0. The van der Waals surface area contributed by atoms with Gasteiger partial charge in [-0.3, -0.25) is 0 Å². The van der Waals surface area contributed by atoms with E-state index in [2.05, 4.69) is 53.5 Å². The standard InChI is InChI=1S/C25H17N4.C5H5.Fe/c1-29-24(17-27)23(16-26)28-25(29)15-8-18-6-9-20(10-7-18)22-13-11-21(12-14-22)19-4-2-3-5-19;1-2-4-5-3-1;/h2-15H,1H3;1-5H;/q2*-1;+2/b25-15-;;. The number of hydrogen-bond donors (Lipinski definition) is 0. The molecule has 0 N–H and O–H groups in total. The van der Waals surface area contributed by atoms with E-state index in [0.29, 0.717) is 5.48 Å². The van der Waals surface area contributed by atoms with Crippen molar-refractivity contribution in [1.29, 1.82) is 5.26 Å². The molecule has 0 aliphatic heterocycles. The first kappa shape index (κ1) is 25.6. The van der Waals surface area contributed by atoms with Crippen LogP contribution in [0.3, 0.4) is 0 Å². The van der Waals surface area contributed by atoms with Gasteiger partial charge in [-0.15, -0.1) is 12.8 Å². The Morgan fingerprint density at radius 1 is 0.914 bits per heavy atom. The third-order valence-corrected chi connectivity index (χ3v) is 5.45. The average Bonchev–Trinajstić information content (AvgIpc) is 3.67. The van der Waals surface area contributed by atoms with E-state index in [0.717, 1.165) is 15.7 Å². The van der Waals surface area contributed by atoms with Gasteiger partial charge in [-0.25, -0.2) is 29.4 Å². The van der Waals surface area contributed by atoms with Crippen molar-refractivity contribution in [3.63, 3.8) is 0 Å². The van der Waals surface area contributed by atoms with Crippen molar-refractivity contribution in [3.05, 3.63) is 147 Å². The van der Waals surface area contributed by atoms with Gasteiger partial charge in [0.2, 0.25) is 0 Å². The smallest absolute Gasteiger partial charge is 0.761 e. The molecule has 0 spiro atoms. The first-order valence-corrected chi connectivity index (χ1v) is 10.8. The summed E-state index contributed by atoms with van der Waals surface area (Å²) in [5.74, 6) is 2.02. The van der Waals surface area contributed by atoms with Gasteiger partial charge in [0, 0.05) is 7.05 Å². The summed E-state index contributed by atoms with van der Waals surface area (Å²) in [7, 11) is 1.73. The molecule has 170 valence electrons. The zero-order chi connectivity index (χ0) is 23.8. The molecule has 0 unspecified atom stereocenters.